The van der Waals surface area contributed by atoms with E-state index in [0.717, 1.165) is 42.1 Å². The Morgan fingerprint density at radius 2 is 2.00 bits per heavy atom. The highest BCUT2D eigenvalue weighted by Gasteiger charge is 2.27. The van der Waals surface area contributed by atoms with Crippen molar-refractivity contribution in [2.45, 2.75) is 44.6 Å². The molecule has 2 N–H and O–H groups in total. The highest BCUT2D eigenvalue weighted by atomic mass is 79.9. The maximum atomic E-state index is 12.2. The average molecular weight is 389 g/mol. The zero-order chi connectivity index (χ0) is 16.1. The number of halogens is 2. The predicted molar refractivity (Wildman–Crippen MR) is 89.0 cm³/mol. The third-order valence-electron chi connectivity index (χ3n) is 4.02. The molecule has 0 saturated heterocycles. The molecule has 1 aromatic rings. The Kier molecular flexibility index (Phi) is 6.26. The number of hydrogen-bond donors (Lipinski definition) is 2. The quantitative estimate of drug-likeness (QED) is 0.806. The van der Waals surface area contributed by atoms with Crippen LogP contribution in [0.5, 0.6) is 0 Å². The molecule has 1 aliphatic rings. The number of carboxylic acid groups (broad SMARTS) is 1. The van der Waals surface area contributed by atoms with E-state index in [0.29, 0.717) is 5.02 Å². The lowest BCUT2D eigenvalue weighted by atomic mass is 9.88. The minimum absolute atomic E-state index is 0.0570. The van der Waals surface area contributed by atoms with Gasteiger partial charge in [-0.2, -0.15) is 0 Å². The van der Waals surface area contributed by atoms with E-state index in [2.05, 4.69) is 21.2 Å². The van der Waals surface area contributed by atoms with Crippen LogP contribution in [0.25, 0.3) is 0 Å². The van der Waals surface area contributed by atoms with Crippen molar-refractivity contribution >= 4 is 39.4 Å². The largest absolute Gasteiger partial charge is 0.480 e. The second kappa shape index (κ2) is 7.97. The fourth-order valence-corrected chi connectivity index (χ4v) is 3.38. The molecular formula is C16H19BrClNO3. The van der Waals surface area contributed by atoms with Crippen LogP contribution in [0.4, 0.5) is 0 Å². The van der Waals surface area contributed by atoms with Crippen molar-refractivity contribution in [3.05, 3.63) is 33.3 Å². The van der Waals surface area contributed by atoms with Crippen LogP contribution in [0.3, 0.4) is 0 Å². The van der Waals surface area contributed by atoms with Gasteiger partial charge in [-0.3, -0.25) is 4.79 Å². The molecule has 6 heteroatoms. The summed E-state index contributed by atoms with van der Waals surface area (Å²) < 4.78 is 0.787. The van der Waals surface area contributed by atoms with Gasteiger partial charge in [-0.25, -0.2) is 4.79 Å². The first-order chi connectivity index (χ1) is 10.5. The molecule has 120 valence electrons. The van der Waals surface area contributed by atoms with E-state index in [4.69, 9.17) is 11.6 Å². The van der Waals surface area contributed by atoms with Gasteiger partial charge in [-0.05, 0) is 36.6 Å². The van der Waals surface area contributed by atoms with Crippen molar-refractivity contribution < 1.29 is 14.7 Å². The SMILES string of the molecule is O=C(N[C@H](Cc1cc(Cl)ccc1Br)C(=O)O)C1CCCCC1. The summed E-state index contributed by atoms with van der Waals surface area (Å²) in [6.45, 7) is 0. The summed E-state index contributed by atoms with van der Waals surface area (Å²) in [5.74, 6) is -1.24. The van der Waals surface area contributed by atoms with Gasteiger partial charge in [-0.1, -0.05) is 46.8 Å². The normalized spacial score (nSPS) is 17.0. The number of carbonyl (C=O) groups is 2. The molecule has 1 aliphatic carbocycles. The van der Waals surface area contributed by atoms with Gasteiger partial charge in [-0.15, -0.1) is 0 Å². The van der Waals surface area contributed by atoms with E-state index in [1.165, 1.54) is 0 Å². The molecule has 0 unspecified atom stereocenters. The molecule has 0 aromatic heterocycles. The van der Waals surface area contributed by atoms with Crippen molar-refractivity contribution in [1.82, 2.24) is 5.32 Å². The van der Waals surface area contributed by atoms with E-state index in [1.807, 2.05) is 0 Å². The van der Waals surface area contributed by atoms with Crippen molar-refractivity contribution in [1.29, 1.82) is 0 Å². The topological polar surface area (TPSA) is 66.4 Å². The molecule has 0 spiro atoms. The zero-order valence-corrected chi connectivity index (χ0v) is 14.5. The van der Waals surface area contributed by atoms with Crippen LogP contribution in [0.1, 0.15) is 37.7 Å². The van der Waals surface area contributed by atoms with Gasteiger partial charge in [0, 0.05) is 21.8 Å². The molecule has 2 rings (SSSR count). The van der Waals surface area contributed by atoms with E-state index in [9.17, 15) is 14.7 Å². The van der Waals surface area contributed by atoms with E-state index < -0.39 is 12.0 Å². The van der Waals surface area contributed by atoms with Gasteiger partial charge >= 0.3 is 5.97 Å². The van der Waals surface area contributed by atoms with Crippen molar-refractivity contribution in [2.75, 3.05) is 0 Å². The summed E-state index contributed by atoms with van der Waals surface area (Å²) in [5, 5.41) is 12.6. The maximum absolute atomic E-state index is 12.2. The van der Waals surface area contributed by atoms with Crippen molar-refractivity contribution in [3.8, 4) is 0 Å². The van der Waals surface area contributed by atoms with E-state index >= 15 is 0 Å². The molecule has 22 heavy (non-hydrogen) atoms. The molecule has 4 nitrogen and oxygen atoms in total. The lowest BCUT2D eigenvalue weighted by Crippen LogP contribution is -2.45. The summed E-state index contributed by atoms with van der Waals surface area (Å²) in [5.41, 5.74) is 0.767. The summed E-state index contributed by atoms with van der Waals surface area (Å²) in [6, 6.07) is 4.28. The Bertz CT molecular complexity index is 558. The molecule has 1 aromatic carbocycles. The van der Waals surface area contributed by atoms with Crippen LogP contribution < -0.4 is 5.32 Å². The number of hydrogen-bond acceptors (Lipinski definition) is 2. The molecular weight excluding hydrogens is 370 g/mol. The fraction of sp³-hybridized carbons (Fsp3) is 0.500. The minimum atomic E-state index is -1.03. The first-order valence-electron chi connectivity index (χ1n) is 7.44. The van der Waals surface area contributed by atoms with Gasteiger partial charge < -0.3 is 10.4 Å². The number of aliphatic carboxylic acids is 1. The lowest BCUT2D eigenvalue weighted by Gasteiger charge is -2.23. The van der Waals surface area contributed by atoms with Crippen LogP contribution in [0, 0.1) is 5.92 Å². The third kappa shape index (κ3) is 4.71. The number of carboxylic acids is 1. The highest BCUT2D eigenvalue weighted by molar-refractivity contribution is 9.10. The monoisotopic (exact) mass is 387 g/mol. The van der Waals surface area contributed by atoms with Gasteiger partial charge in [0.05, 0.1) is 0 Å². The Balaban J connectivity index is 2.04. The average Bonchev–Trinajstić information content (AvgIpc) is 2.50. The summed E-state index contributed by atoms with van der Waals surface area (Å²) in [7, 11) is 0. The number of nitrogens with one attached hydrogen (secondary N) is 1. The number of amides is 1. The number of rotatable bonds is 5. The van der Waals surface area contributed by atoms with Crippen LogP contribution in [0.15, 0.2) is 22.7 Å². The van der Waals surface area contributed by atoms with Crippen LogP contribution in [-0.4, -0.2) is 23.0 Å². The highest BCUT2D eigenvalue weighted by Crippen LogP contribution is 2.25. The second-order valence-electron chi connectivity index (χ2n) is 5.67. The smallest absolute Gasteiger partial charge is 0.326 e. The number of carbonyl (C=O) groups excluding carboxylic acids is 1. The molecule has 0 bridgehead atoms. The van der Waals surface area contributed by atoms with Gasteiger partial charge in [0.1, 0.15) is 6.04 Å². The molecule has 1 amide bonds. The molecule has 0 radical (unpaired) electrons. The second-order valence-corrected chi connectivity index (χ2v) is 6.96. The zero-order valence-electron chi connectivity index (χ0n) is 12.1. The van der Waals surface area contributed by atoms with E-state index in [-0.39, 0.29) is 18.2 Å². The predicted octanol–water partition coefficient (Wildman–Crippen LogP) is 3.79. The van der Waals surface area contributed by atoms with Crippen molar-refractivity contribution in [2.24, 2.45) is 5.92 Å². The Morgan fingerprint density at radius 3 is 2.64 bits per heavy atom. The van der Waals surface area contributed by atoms with Crippen molar-refractivity contribution in [3.63, 3.8) is 0 Å². The third-order valence-corrected chi connectivity index (χ3v) is 5.03. The first-order valence-corrected chi connectivity index (χ1v) is 8.61. The van der Waals surface area contributed by atoms with Gasteiger partial charge in [0.15, 0.2) is 0 Å². The summed E-state index contributed by atoms with van der Waals surface area (Å²) in [6.07, 6.45) is 5.12. The molecule has 1 atom stereocenters. The van der Waals surface area contributed by atoms with Crippen LogP contribution in [0.2, 0.25) is 5.02 Å². The number of benzene rings is 1. The van der Waals surface area contributed by atoms with E-state index in [1.54, 1.807) is 18.2 Å². The summed E-state index contributed by atoms with van der Waals surface area (Å²) >= 11 is 9.34. The Labute approximate surface area is 143 Å². The molecule has 1 fully saturated rings. The lowest BCUT2D eigenvalue weighted by molar-refractivity contribution is -0.142. The maximum Gasteiger partial charge on any atom is 0.326 e. The fourth-order valence-electron chi connectivity index (χ4n) is 2.77. The van der Waals surface area contributed by atoms with Gasteiger partial charge in [0.25, 0.3) is 0 Å². The Hall–Kier alpha value is -1.07. The standard InChI is InChI=1S/C16H19BrClNO3/c17-13-7-6-12(18)8-11(13)9-14(16(21)22)19-15(20)10-4-2-1-3-5-10/h6-8,10,14H,1-5,9H2,(H,19,20)(H,21,22)/t14-/m1/s1. The summed E-state index contributed by atoms with van der Waals surface area (Å²) in [4.78, 5) is 23.7. The van der Waals surface area contributed by atoms with Crippen LogP contribution in [-0.2, 0) is 16.0 Å². The Morgan fingerprint density at radius 1 is 1.32 bits per heavy atom. The minimum Gasteiger partial charge on any atom is -0.480 e. The molecule has 0 heterocycles. The molecule has 0 aliphatic heterocycles. The first kappa shape index (κ1) is 17.3. The molecule has 1 saturated carbocycles. The van der Waals surface area contributed by atoms with Crippen LogP contribution >= 0.6 is 27.5 Å². The van der Waals surface area contributed by atoms with Gasteiger partial charge in [0.2, 0.25) is 5.91 Å².